The predicted molar refractivity (Wildman–Crippen MR) is 82.1 cm³/mol. The molecule has 0 radical (unpaired) electrons. The maximum atomic E-state index is 5.79. The number of benzene rings is 1. The second-order valence-electron chi connectivity index (χ2n) is 5.50. The zero-order valence-electron chi connectivity index (χ0n) is 11.7. The Morgan fingerprint density at radius 3 is 2.55 bits per heavy atom. The third-order valence-electron chi connectivity index (χ3n) is 4.07. The van der Waals surface area contributed by atoms with Gasteiger partial charge >= 0.3 is 0 Å². The van der Waals surface area contributed by atoms with Crippen molar-refractivity contribution in [1.82, 2.24) is 9.88 Å². The van der Waals surface area contributed by atoms with Gasteiger partial charge in [0.15, 0.2) is 0 Å². The zero-order valence-corrected chi connectivity index (χ0v) is 11.7. The first-order chi connectivity index (χ1) is 9.83. The molecule has 0 saturated carbocycles. The van der Waals surface area contributed by atoms with Crippen molar-refractivity contribution in [3.05, 3.63) is 59.9 Å². The van der Waals surface area contributed by atoms with Gasteiger partial charge in [-0.25, -0.2) is 0 Å². The number of rotatable bonds is 3. The molecule has 1 aromatic heterocycles. The Morgan fingerprint density at radius 1 is 1.05 bits per heavy atom. The van der Waals surface area contributed by atoms with Gasteiger partial charge in [-0.2, -0.15) is 0 Å². The highest BCUT2D eigenvalue weighted by molar-refractivity contribution is 5.40. The summed E-state index contributed by atoms with van der Waals surface area (Å²) in [7, 11) is 0. The first kappa shape index (κ1) is 13.1. The van der Waals surface area contributed by atoms with Crippen LogP contribution >= 0.6 is 0 Å². The number of nitrogens with zero attached hydrogens (tertiary/aromatic N) is 2. The Kier molecular flexibility index (Phi) is 3.97. The minimum absolute atomic E-state index is 0.512. The molecular weight excluding hydrogens is 246 g/mol. The number of piperidine rings is 1. The molecule has 3 heteroatoms. The van der Waals surface area contributed by atoms with E-state index in [1.165, 1.54) is 30.4 Å². The Morgan fingerprint density at radius 2 is 1.80 bits per heavy atom. The highest BCUT2D eigenvalue weighted by Gasteiger charge is 2.23. The van der Waals surface area contributed by atoms with Crippen LogP contribution in [-0.4, -0.2) is 16.4 Å². The van der Waals surface area contributed by atoms with Crippen LogP contribution < -0.4 is 5.73 Å². The number of likely N-dealkylation sites (tertiary alicyclic amines) is 1. The lowest BCUT2D eigenvalue weighted by atomic mass is 9.94. The molecule has 104 valence electrons. The van der Waals surface area contributed by atoms with Gasteiger partial charge in [0.05, 0.1) is 0 Å². The lowest BCUT2D eigenvalue weighted by Gasteiger charge is -2.36. The van der Waals surface area contributed by atoms with Crippen molar-refractivity contribution in [1.29, 1.82) is 0 Å². The third kappa shape index (κ3) is 2.99. The second-order valence-corrected chi connectivity index (χ2v) is 5.50. The predicted octanol–water partition coefficient (Wildman–Crippen LogP) is 3.39. The molecule has 1 fully saturated rings. The van der Waals surface area contributed by atoms with Gasteiger partial charge < -0.3 is 5.73 Å². The van der Waals surface area contributed by atoms with Crippen LogP contribution in [0.25, 0.3) is 0 Å². The molecule has 3 rings (SSSR count). The molecule has 1 aliphatic heterocycles. The van der Waals surface area contributed by atoms with E-state index < -0.39 is 0 Å². The van der Waals surface area contributed by atoms with Gasteiger partial charge in [0, 0.05) is 30.7 Å². The molecule has 1 unspecified atom stereocenters. The van der Waals surface area contributed by atoms with E-state index in [0.29, 0.717) is 6.04 Å². The van der Waals surface area contributed by atoms with E-state index in [-0.39, 0.29) is 0 Å². The van der Waals surface area contributed by atoms with Crippen LogP contribution in [0.1, 0.15) is 36.4 Å². The van der Waals surface area contributed by atoms with E-state index in [1.807, 2.05) is 24.5 Å². The largest absolute Gasteiger partial charge is 0.399 e. The van der Waals surface area contributed by atoms with Crippen LogP contribution in [0, 0.1) is 0 Å². The van der Waals surface area contributed by atoms with E-state index in [4.69, 9.17) is 5.73 Å². The van der Waals surface area contributed by atoms with Crippen molar-refractivity contribution < 1.29 is 0 Å². The van der Waals surface area contributed by atoms with Gasteiger partial charge in [0.1, 0.15) is 0 Å². The SMILES string of the molecule is Nc1ccc(C2CCCCN2Cc2ccncc2)cc1. The maximum absolute atomic E-state index is 5.79. The van der Waals surface area contributed by atoms with Gasteiger partial charge in [-0.15, -0.1) is 0 Å². The standard InChI is InChI=1S/C17H21N3/c18-16-6-4-15(5-7-16)17-3-1-2-12-20(17)13-14-8-10-19-11-9-14/h4-11,17H,1-3,12-13,18H2. The second kappa shape index (κ2) is 6.06. The molecule has 1 atom stereocenters. The summed E-state index contributed by atoms with van der Waals surface area (Å²) < 4.78 is 0. The molecule has 0 spiro atoms. The third-order valence-corrected chi connectivity index (χ3v) is 4.07. The summed E-state index contributed by atoms with van der Waals surface area (Å²) in [5.74, 6) is 0. The van der Waals surface area contributed by atoms with Gasteiger partial charge in [0.2, 0.25) is 0 Å². The molecule has 0 amide bonds. The average molecular weight is 267 g/mol. The van der Waals surface area contributed by atoms with Crippen LogP contribution in [0.4, 0.5) is 5.69 Å². The number of nitrogens with two attached hydrogens (primary N) is 1. The molecule has 2 N–H and O–H groups in total. The fourth-order valence-corrected chi connectivity index (χ4v) is 3.00. The molecular formula is C17H21N3. The summed E-state index contributed by atoms with van der Waals surface area (Å²) in [6.07, 6.45) is 7.57. The molecule has 1 saturated heterocycles. The van der Waals surface area contributed by atoms with Crippen LogP contribution in [-0.2, 0) is 6.54 Å². The van der Waals surface area contributed by atoms with Gasteiger partial charge in [-0.3, -0.25) is 9.88 Å². The van der Waals surface area contributed by atoms with Crippen LogP contribution in [0.5, 0.6) is 0 Å². The smallest absolute Gasteiger partial charge is 0.0351 e. The molecule has 0 aliphatic carbocycles. The number of aromatic nitrogens is 1. The molecule has 3 nitrogen and oxygen atoms in total. The fourth-order valence-electron chi connectivity index (χ4n) is 3.00. The van der Waals surface area contributed by atoms with Crippen LogP contribution in [0.15, 0.2) is 48.8 Å². The number of hydrogen-bond acceptors (Lipinski definition) is 3. The molecule has 2 heterocycles. The summed E-state index contributed by atoms with van der Waals surface area (Å²) in [5, 5.41) is 0. The van der Waals surface area contributed by atoms with Crippen LogP contribution in [0.2, 0.25) is 0 Å². The monoisotopic (exact) mass is 267 g/mol. The summed E-state index contributed by atoms with van der Waals surface area (Å²) in [4.78, 5) is 6.67. The van der Waals surface area contributed by atoms with E-state index in [2.05, 4.69) is 34.1 Å². The Bertz CT molecular complexity index is 536. The average Bonchev–Trinajstić information content (AvgIpc) is 2.50. The Balaban J connectivity index is 1.78. The summed E-state index contributed by atoms with van der Waals surface area (Å²) in [5.41, 5.74) is 9.35. The van der Waals surface area contributed by atoms with Gasteiger partial charge in [-0.05, 0) is 54.8 Å². The quantitative estimate of drug-likeness (QED) is 0.867. The Labute approximate surface area is 120 Å². The fraction of sp³-hybridized carbons (Fsp3) is 0.353. The van der Waals surface area contributed by atoms with Crippen molar-refractivity contribution >= 4 is 5.69 Å². The van der Waals surface area contributed by atoms with Crippen molar-refractivity contribution in [3.63, 3.8) is 0 Å². The highest BCUT2D eigenvalue weighted by Crippen LogP contribution is 2.32. The number of hydrogen-bond donors (Lipinski definition) is 1. The minimum Gasteiger partial charge on any atom is -0.399 e. The molecule has 1 aliphatic rings. The first-order valence-electron chi connectivity index (χ1n) is 7.31. The molecule has 0 bridgehead atoms. The summed E-state index contributed by atoms with van der Waals surface area (Å²) in [6.45, 7) is 2.16. The molecule has 2 aromatic rings. The van der Waals surface area contributed by atoms with Crippen molar-refractivity contribution in [2.75, 3.05) is 12.3 Å². The maximum Gasteiger partial charge on any atom is 0.0351 e. The summed E-state index contributed by atoms with van der Waals surface area (Å²) in [6, 6.07) is 13.1. The lowest BCUT2D eigenvalue weighted by molar-refractivity contribution is 0.140. The van der Waals surface area contributed by atoms with Gasteiger partial charge in [0.25, 0.3) is 0 Å². The van der Waals surface area contributed by atoms with Crippen molar-refractivity contribution in [2.45, 2.75) is 31.8 Å². The van der Waals surface area contributed by atoms with Gasteiger partial charge in [-0.1, -0.05) is 18.6 Å². The molecule has 1 aromatic carbocycles. The Hall–Kier alpha value is -1.87. The lowest BCUT2D eigenvalue weighted by Crippen LogP contribution is -2.32. The highest BCUT2D eigenvalue weighted by atomic mass is 15.2. The number of nitrogen functional groups attached to an aromatic ring is 1. The molecule has 20 heavy (non-hydrogen) atoms. The topological polar surface area (TPSA) is 42.1 Å². The van der Waals surface area contributed by atoms with Crippen molar-refractivity contribution in [3.8, 4) is 0 Å². The number of anilines is 1. The zero-order chi connectivity index (χ0) is 13.8. The number of pyridine rings is 1. The summed E-state index contributed by atoms with van der Waals surface area (Å²) >= 11 is 0. The van der Waals surface area contributed by atoms with Crippen molar-refractivity contribution in [2.24, 2.45) is 0 Å². The van der Waals surface area contributed by atoms with E-state index >= 15 is 0 Å². The van der Waals surface area contributed by atoms with Crippen LogP contribution in [0.3, 0.4) is 0 Å². The van der Waals surface area contributed by atoms with E-state index in [1.54, 1.807) is 0 Å². The van der Waals surface area contributed by atoms with E-state index in [9.17, 15) is 0 Å². The normalized spacial score (nSPS) is 19.9. The first-order valence-corrected chi connectivity index (χ1v) is 7.31. The van der Waals surface area contributed by atoms with E-state index in [0.717, 1.165) is 18.8 Å². The minimum atomic E-state index is 0.512.